The Labute approximate surface area is 235 Å². The molecule has 2 aromatic carbocycles. The van der Waals surface area contributed by atoms with E-state index in [2.05, 4.69) is 0 Å². The lowest BCUT2D eigenvalue weighted by Gasteiger charge is -2.42. The molecule has 1 fully saturated rings. The number of aromatic hydroxyl groups is 2. The standard InChI is InChI=1S/C27H30N2O10.ClH/c1-10-23(32)13(28)6-17(38-10)39-15-8-27(36,16(31)9-30)7-12-19(15)26(35)20-21(25(12)34)24(33)11-4-3-5-14(37-2)18(11)22(20)29;/h3-5,10,13,15,17,23,29-30,32,34-36H,6-9,28H2,1-2H3;1H. The average Bonchev–Trinajstić information content (AvgIpc) is 2.90. The van der Waals surface area contributed by atoms with Crippen LogP contribution in [0.3, 0.4) is 0 Å². The van der Waals surface area contributed by atoms with E-state index in [0.29, 0.717) is 0 Å². The number of aliphatic hydroxyl groups is 3. The molecule has 5 rings (SSSR count). The molecule has 6 atom stereocenters. The summed E-state index contributed by atoms with van der Waals surface area (Å²) in [6.07, 6.45) is -4.89. The summed E-state index contributed by atoms with van der Waals surface area (Å²) < 4.78 is 17.1. The molecular weight excluding hydrogens is 548 g/mol. The molecule has 1 saturated heterocycles. The second-order valence-corrected chi connectivity index (χ2v) is 10.2. The van der Waals surface area contributed by atoms with E-state index in [1.807, 2.05) is 0 Å². The molecule has 0 bridgehead atoms. The molecule has 6 unspecified atom stereocenters. The van der Waals surface area contributed by atoms with Crippen molar-refractivity contribution >= 4 is 29.7 Å². The molecule has 0 amide bonds. The van der Waals surface area contributed by atoms with Crippen molar-refractivity contribution in [2.75, 3.05) is 13.7 Å². The Bertz CT molecular complexity index is 1390. The fourth-order valence-electron chi connectivity index (χ4n) is 5.80. The van der Waals surface area contributed by atoms with Crippen molar-refractivity contribution in [3.05, 3.63) is 51.6 Å². The zero-order valence-corrected chi connectivity index (χ0v) is 22.5. The number of phenolic OH excluding ortho intramolecular Hbond substituents is 2. The highest BCUT2D eigenvalue weighted by atomic mass is 35.5. The summed E-state index contributed by atoms with van der Waals surface area (Å²) in [5, 5.41) is 62.7. The third-order valence-electron chi connectivity index (χ3n) is 7.85. The second-order valence-electron chi connectivity index (χ2n) is 10.2. The van der Waals surface area contributed by atoms with Crippen LogP contribution in [0, 0.1) is 5.41 Å². The number of phenols is 2. The van der Waals surface area contributed by atoms with E-state index in [9.17, 15) is 35.1 Å². The SMILES string of the molecule is COc1cccc2c1C(=N)c1c(O)c3c(c(O)c1C2=O)CC(O)(C(=O)CO)CC3OC1CC(N)C(O)C(C)O1.Cl. The number of benzene rings is 2. The summed E-state index contributed by atoms with van der Waals surface area (Å²) in [6, 6.07) is 3.87. The zero-order valence-electron chi connectivity index (χ0n) is 21.7. The third kappa shape index (κ3) is 4.45. The van der Waals surface area contributed by atoms with Crippen molar-refractivity contribution in [2.24, 2.45) is 5.73 Å². The van der Waals surface area contributed by atoms with Crippen molar-refractivity contribution in [1.82, 2.24) is 0 Å². The van der Waals surface area contributed by atoms with Crippen molar-refractivity contribution in [3.63, 3.8) is 0 Å². The minimum atomic E-state index is -2.21. The summed E-state index contributed by atoms with van der Waals surface area (Å²) in [4.78, 5) is 26.2. The number of fused-ring (bicyclic) bond motifs is 3. The number of nitrogens with one attached hydrogen (secondary N) is 1. The van der Waals surface area contributed by atoms with Crippen molar-refractivity contribution < 1.29 is 49.3 Å². The molecule has 13 heteroatoms. The number of ketones is 2. The predicted molar refractivity (Wildman–Crippen MR) is 142 cm³/mol. The van der Waals surface area contributed by atoms with Gasteiger partial charge in [-0.25, -0.2) is 0 Å². The topological polar surface area (TPSA) is 213 Å². The van der Waals surface area contributed by atoms with Gasteiger partial charge in [-0.05, 0) is 13.0 Å². The maximum atomic E-state index is 13.6. The summed E-state index contributed by atoms with van der Waals surface area (Å²) >= 11 is 0. The molecule has 1 aliphatic heterocycles. The van der Waals surface area contributed by atoms with Gasteiger partial charge in [0.2, 0.25) is 0 Å². The molecule has 0 saturated carbocycles. The molecule has 40 heavy (non-hydrogen) atoms. The van der Waals surface area contributed by atoms with Crippen LogP contribution in [-0.4, -0.2) is 86.7 Å². The van der Waals surface area contributed by atoms with Crippen molar-refractivity contribution in [2.45, 2.75) is 62.4 Å². The highest BCUT2D eigenvalue weighted by Crippen LogP contribution is 2.52. The average molecular weight is 579 g/mol. The van der Waals surface area contributed by atoms with Gasteiger partial charge in [0.25, 0.3) is 0 Å². The highest BCUT2D eigenvalue weighted by Gasteiger charge is 2.49. The lowest BCUT2D eigenvalue weighted by atomic mass is 9.71. The van der Waals surface area contributed by atoms with E-state index >= 15 is 0 Å². The first-order chi connectivity index (χ1) is 18.4. The summed E-state index contributed by atoms with van der Waals surface area (Å²) in [5.74, 6) is -2.57. The van der Waals surface area contributed by atoms with Crippen LogP contribution in [0.25, 0.3) is 0 Å². The molecule has 12 nitrogen and oxygen atoms in total. The zero-order chi connectivity index (χ0) is 28.4. The van der Waals surface area contributed by atoms with Crippen LogP contribution in [0.5, 0.6) is 17.2 Å². The van der Waals surface area contributed by atoms with Gasteiger partial charge >= 0.3 is 0 Å². The number of methoxy groups -OCH3 is 1. The number of ether oxygens (including phenoxy) is 3. The number of halogens is 1. The van der Waals surface area contributed by atoms with Gasteiger partial charge in [-0.3, -0.25) is 15.0 Å². The summed E-state index contributed by atoms with van der Waals surface area (Å²) in [5.41, 5.74) is 2.98. The van der Waals surface area contributed by atoms with Crippen LogP contribution < -0.4 is 10.5 Å². The molecule has 3 aliphatic rings. The van der Waals surface area contributed by atoms with E-state index in [0.717, 1.165) is 0 Å². The quantitative estimate of drug-likeness (QED) is 0.208. The number of hydrogen-bond acceptors (Lipinski definition) is 12. The van der Waals surface area contributed by atoms with E-state index in [-0.39, 0.29) is 63.7 Å². The Kier molecular flexibility index (Phi) is 8.00. The minimum absolute atomic E-state index is 0. The maximum Gasteiger partial charge on any atom is 0.198 e. The van der Waals surface area contributed by atoms with Gasteiger partial charge in [0.15, 0.2) is 17.9 Å². The lowest BCUT2D eigenvalue weighted by molar-refractivity contribution is -0.247. The number of carbonyl (C=O) groups excluding carboxylic acids is 2. The Balaban J connectivity index is 0.00000370. The molecule has 2 aromatic rings. The number of Topliss-reactive ketones (excluding diaryl/α,β-unsaturated/α-hetero) is 1. The molecule has 8 N–H and O–H groups in total. The molecule has 216 valence electrons. The fourth-order valence-corrected chi connectivity index (χ4v) is 5.80. The van der Waals surface area contributed by atoms with Crippen LogP contribution in [0.1, 0.15) is 64.0 Å². The first kappa shape index (κ1) is 29.9. The van der Waals surface area contributed by atoms with E-state index in [1.54, 1.807) is 19.1 Å². The Hall–Kier alpha value is -3.10. The van der Waals surface area contributed by atoms with Gasteiger partial charge < -0.3 is 45.5 Å². The molecular formula is C27H31ClN2O10. The number of hydrogen-bond donors (Lipinski definition) is 7. The monoisotopic (exact) mass is 578 g/mol. The van der Waals surface area contributed by atoms with E-state index in [4.69, 9.17) is 25.4 Å². The third-order valence-corrected chi connectivity index (χ3v) is 7.85. The summed E-state index contributed by atoms with van der Waals surface area (Å²) in [7, 11) is 1.38. The predicted octanol–water partition coefficient (Wildman–Crippen LogP) is 0.608. The van der Waals surface area contributed by atoms with Gasteiger partial charge in [0.05, 0.1) is 47.8 Å². The molecule has 0 spiro atoms. The molecule has 1 heterocycles. The smallest absolute Gasteiger partial charge is 0.198 e. The van der Waals surface area contributed by atoms with Crippen molar-refractivity contribution in [1.29, 1.82) is 5.41 Å². The second kappa shape index (κ2) is 10.7. The van der Waals surface area contributed by atoms with Crippen LogP contribution in [0.2, 0.25) is 0 Å². The van der Waals surface area contributed by atoms with E-state index < -0.39 is 78.8 Å². The minimum Gasteiger partial charge on any atom is -0.507 e. The van der Waals surface area contributed by atoms with Gasteiger partial charge in [-0.2, -0.15) is 0 Å². The lowest BCUT2D eigenvalue weighted by Crippen LogP contribution is -2.53. The van der Waals surface area contributed by atoms with Gasteiger partial charge in [0.1, 0.15) is 29.5 Å². The first-order valence-corrected chi connectivity index (χ1v) is 12.5. The molecule has 0 aromatic heterocycles. The van der Waals surface area contributed by atoms with Gasteiger partial charge in [-0.1, -0.05) is 12.1 Å². The maximum absolute atomic E-state index is 13.6. The Morgan fingerprint density at radius 1 is 1.23 bits per heavy atom. The summed E-state index contributed by atoms with van der Waals surface area (Å²) in [6.45, 7) is 0.596. The number of nitrogens with two attached hydrogens (primary N) is 1. The normalized spacial score (nSPS) is 29.1. The fraction of sp³-hybridized carbons (Fsp3) is 0.444. The van der Waals surface area contributed by atoms with Gasteiger partial charge in [0, 0.05) is 42.0 Å². The van der Waals surface area contributed by atoms with Crippen LogP contribution in [0.15, 0.2) is 18.2 Å². The molecule has 2 aliphatic carbocycles. The van der Waals surface area contributed by atoms with Crippen LogP contribution in [0.4, 0.5) is 0 Å². The Morgan fingerprint density at radius 3 is 2.55 bits per heavy atom. The number of aliphatic hydroxyl groups excluding tert-OH is 2. The highest BCUT2D eigenvalue weighted by molar-refractivity contribution is 6.32. The van der Waals surface area contributed by atoms with Gasteiger partial charge in [-0.15, -0.1) is 12.4 Å². The first-order valence-electron chi connectivity index (χ1n) is 12.5. The Morgan fingerprint density at radius 2 is 1.93 bits per heavy atom. The molecule has 0 radical (unpaired) electrons. The van der Waals surface area contributed by atoms with E-state index in [1.165, 1.54) is 13.2 Å². The number of carbonyl (C=O) groups is 2. The number of rotatable bonds is 5. The van der Waals surface area contributed by atoms with Crippen LogP contribution in [-0.2, 0) is 20.7 Å². The largest absolute Gasteiger partial charge is 0.507 e. The van der Waals surface area contributed by atoms with Crippen molar-refractivity contribution in [3.8, 4) is 17.2 Å². The van der Waals surface area contributed by atoms with Crippen LogP contribution >= 0.6 is 12.4 Å².